The van der Waals surface area contributed by atoms with Gasteiger partial charge in [0.1, 0.15) is 0 Å². The maximum atomic E-state index is 10.2. The zero-order valence-corrected chi connectivity index (χ0v) is 11.5. The minimum Gasteiger partial charge on any atom is -0.389 e. The van der Waals surface area contributed by atoms with Crippen LogP contribution in [-0.2, 0) is 0 Å². The van der Waals surface area contributed by atoms with Gasteiger partial charge in [-0.2, -0.15) is 0 Å². The second-order valence-electron chi connectivity index (χ2n) is 6.25. The van der Waals surface area contributed by atoms with E-state index in [2.05, 4.69) is 9.80 Å². The SMILES string of the molecule is CC(C)(O)C1CCCN1CCN1CCCCC1. The van der Waals surface area contributed by atoms with E-state index in [1.807, 2.05) is 13.8 Å². The Kier molecular flexibility index (Phi) is 4.45. The molecule has 17 heavy (non-hydrogen) atoms. The van der Waals surface area contributed by atoms with Crippen LogP contribution in [0.5, 0.6) is 0 Å². The lowest BCUT2D eigenvalue weighted by Gasteiger charge is -2.35. The van der Waals surface area contributed by atoms with E-state index in [9.17, 15) is 5.11 Å². The Bertz CT molecular complexity index is 231. The van der Waals surface area contributed by atoms with Crippen LogP contribution in [0.4, 0.5) is 0 Å². The molecule has 0 bridgehead atoms. The summed E-state index contributed by atoms with van der Waals surface area (Å²) in [5, 5.41) is 10.2. The minimum absolute atomic E-state index is 0.368. The molecule has 0 saturated carbocycles. The average Bonchev–Trinajstić information content (AvgIpc) is 2.75. The molecule has 0 amide bonds. The molecule has 1 N–H and O–H groups in total. The molecule has 2 aliphatic heterocycles. The van der Waals surface area contributed by atoms with Gasteiger partial charge in [-0.05, 0) is 59.2 Å². The fourth-order valence-electron chi connectivity index (χ4n) is 3.35. The molecular formula is C14H28N2O. The van der Waals surface area contributed by atoms with Gasteiger partial charge < -0.3 is 10.0 Å². The summed E-state index contributed by atoms with van der Waals surface area (Å²) in [6.07, 6.45) is 6.55. The third-order valence-corrected chi connectivity index (χ3v) is 4.33. The number of piperidine rings is 1. The molecule has 2 saturated heterocycles. The molecule has 0 aliphatic carbocycles. The molecule has 3 heteroatoms. The van der Waals surface area contributed by atoms with E-state index in [1.165, 1.54) is 51.9 Å². The van der Waals surface area contributed by atoms with Crippen LogP contribution >= 0.6 is 0 Å². The van der Waals surface area contributed by atoms with Gasteiger partial charge in [-0.15, -0.1) is 0 Å². The second-order valence-corrected chi connectivity index (χ2v) is 6.25. The standard InChI is InChI=1S/C14H28N2O/c1-14(2,17)13-7-6-10-16(13)12-11-15-8-4-3-5-9-15/h13,17H,3-12H2,1-2H3. The Labute approximate surface area is 106 Å². The van der Waals surface area contributed by atoms with Crippen molar-refractivity contribution in [3.63, 3.8) is 0 Å². The summed E-state index contributed by atoms with van der Waals surface area (Å²) in [6.45, 7) is 9.96. The van der Waals surface area contributed by atoms with Crippen LogP contribution in [-0.4, -0.2) is 59.3 Å². The van der Waals surface area contributed by atoms with Crippen LogP contribution in [0, 0.1) is 0 Å². The lowest BCUT2D eigenvalue weighted by atomic mass is 9.97. The monoisotopic (exact) mass is 240 g/mol. The summed E-state index contributed by atoms with van der Waals surface area (Å²) >= 11 is 0. The predicted molar refractivity (Wildman–Crippen MR) is 71.2 cm³/mol. The normalized spacial score (nSPS) is 28.8. The van der Waals surface area contributed by atoms with E-state index in [-0.39, 0.29) is 0 Å². The van der Waals surface area contributed by atoms with Gasteiger partial charge in [0, 0.05) is 19.1 Å². The van der Waals surface area contributed by atoms with Crippen molar-refractivity contribution in [1.82, 2.24) is 9.80 Å². The van der Waals surface area contributed by atoms with Crippen LogP contribution in [0.15, 0.2) is 0 Å². The molecule has 0 aromatic carbocycles. The largest absolute Gasteiger partial charge is 0.389 e. The molecular weight excluding hydrogens is 212 g/mol. The molecule has 2 heterocycles. The molecule has 100 valence electrons. The van der Waals surface area contributed by atoms with Gasteiger partial charge in [-0.1, -0.05) is 6.42 Å². The fourth-order valence-corrected chi connectivity index (χ4v) is 3.35. The van der Waals surface area contributed by atoms with Gasteiger partial charge in [0.05, 0.1) is 5.60 Å². The fraction of sp³-hybridized carbons (Fsp3) is 1.00. The van der Waals surface area contributed by atoms with Gasteiger partial charge in [0.15, 0.2) is 0 Å². The number of hydrogen-bond acceptors (Lipinski definition) is 3. The first-order valence-electron chi connectivity index (χ1n) is 7.26. The summed E-state index contributed by atoms with van der Waals surface area (Å²) in [7, 11) is 0. The molecule has 0 spiro atoms. The van der Waals surface area contributed by atoms with E-state index < -0.39 is 5.60 Å². The van der Waals surface area contributed by atoms with E-state index in [0.29, 0.717) is 6.04 Å². The summed E-state index contributed by atoms with van der Waals surface area (Å²) in [5.74, 6) is 0. The molecule has 0 aromatic rings. The molecule has 3 nitrogen and oxygen atoms in total. The van der Waals surface area contributed by atoms with Crippen molar-refractivity contribution in [3.8, 4) is 0 Å². The first-order chi connectivity index (χ1) is 8.07. The van der Waals surface area contributed by atoms with Crippen molar-refractivity contribution in [2.24, 2.45) is 0 Å². The van der Waals surface area contributed by atoms with Crippen LogP contribution in [0.1, 0.15) is 46.0 Å². The van der Waals surface area contributed by atoms with Crippen molar-refractivity contribution in [1.29, 1.82) is 0 Å². The van der Waals surface area contributed by atoms with Gasteiger partial charge >= 0.3 is 0 Å². The van der Waals surface area contributed by atoms with E-state index >= 15 is 0 Å². The highest BCUT2D eigenvalue weighted by Gasteiger charge is 2.35. The van der Waals surface area contributed by atoms with Crippen LogP contribution in [0.3, 0.4) is 0 Å². The lowest BCUT2D eigenvalue weighted by molar-refractivity contribution is -0.00521. The van der Waals surface area contributed by atoms with E-state index in [0.717, 1.165) is 13.0 Å². The molecule has 1 atom stereocenters. The molecule has 0 radical (unpaired) electrons. The summed E-state index contributed by atoms with van der Waals surface area (Å²) < 4.78 is 0. The van der Waals surface area contributed by atoms with Crippen molar-refractivity contribution < 1.29 is 5.11 Å². The first kappa shape index (κ1) is 13.3. The van der Waals surface area contributed by atoms with Crippen molar-refractivity contribution in [3.05, 3.63) is 0 Å². The third-order valence-electron chi connectivity index (χ3n) is 4.33. The first-order valence-corrected chi connectivity index (χ1v) is 7.26. The van der Waals surface area contributed by atoms with Crippen molar-refractivity contribution in [2.75, 3.05) is 32.7 Å². The molecule has 2 aliphatic rings. The Morgan fingerprint density at radius 2 is 1.71 bits per heavy atom. The quantitative estimate of drug-likeness (QED) is 0.810. The van der Waals surface area contributed by atoms with Gasteiger partial charge in [-0.25, -0.2) is 0 Å². The zero-order valence-electron chi connectivity index (χ0n) is 11.5. The number of aliphatic hydroxyl groups is 1. The Balaban J connectivity index is 1.77. The smallest absolute Gasteiger partial charge is 0.0746 e. The average molecular weight is 240 g/mol. The van der Waals surface area contributed by atoms with Gasteiger partial charge in [0.2, 0.25) is 0 Å². The highest BCUT2D eigenvalue weighted by Crippen LogP contribution is 2.26. The minimum atomic E-state index is -0.543. The van der Waals surface area contributed by atoms with Crippen LogP contribution in [0.25, 0.3) is 0 Å². The van der Waals surface area contributed by atoms with Crippen molar-refractivity contribution in [2.45, 2.75) is 57.6 Å². The van der Waals surface area contributed by atoms with Gasteiger partial charge in [-0.3, -0.25) is 4.90 Å². The maximum Gasteiger partial charge on any atom is 0.0746 e. The van der Waals surface area contributed by atoms with E-state index in [4.69, 9.17) is 0 Å². The zero-order chi connectivity index (χ0) is 12.3. The summed E-state index contributed by atoms with van der Waals surface area (Å²) in [4.78, 5) is 5.08. The van der Waals surface area contributed by atoms with Crippen molar-refractivity contribution >= 4 is 0 Å². The summed E-state index contributed by atoms with van der Waals surface area (Å²) in [6, 6.07) is 0.368. The van der Waals surface area contributed by atoms with Gasteiger partial charge in [0.25, 0.3) is 0 Å². The van der Waals surface area contributed by atoms with Crippen LogP contribution < -0.4 is 0 Å². The Morgan fingerprint density at radius 1 is 1.00 bits per heavy atom. The molecule has 0 aromatic heterocycles. The Hall–Kier alpha value is -0.120. The maximum absolute atomic E-state index is 10.2. The highest BCUT2D eigenvalue weighted by molar-refractivity contribution is 4.91. The molecule has 2 rings (SSSR count). The molecule has 1 unspecified atom stereocenters. The molecule has 2 fully saturated rings. The van der Waals surface area contributed by atoms with E-state index in [1.54, 1.807) is 0 Å². The number of hydrogen-bond donors (Lipinski definition) is 1. The lowest BCUT2D eigenvalue weighted by Crippen LogP contribution is -2.48. The Morgan fingerprint density at radius 3 is 2.35 bits per heavy atom. The highest BCUT2D eigenvalue weighted by atomic mass is 16.3. The number of nitrogens with zero attached hydrogens (tertiary/aromatic N) is 2. The van der Waals surface area contributed by atoms with Crippen LogP contribution in [0.2, 0.25) is 0 Å². The predicted octanol–water partition coefficient (Wildman–Crippen LogP) is 1.71. The number of rotatable bonds is 4. The summed E-state index contributed by atoms with van der Waals surface area (Å²) in [5.41, 5.74) is -0.543. The topological polar surface area (TPSA) is 26.7 Å². The third kappa shape index (κ3) is 3.67. The second kappa shape index (κ2) is 5.68. The number of likely N-dealkylation sites (tertiary alicyclic amines) is 2.